The van der Waals surface area contributed by atoms with Gasteiger partial charge in [-0.15, -0.1) is 12.4 Å². The fourth-order valence-corrected chi connectivity index (χ4v) is 4.20. The maximum atomic E-state index is 12.6. The first-order chi connectivity index (χ1) is 8.15. The largest absolute Gasteiger partial charge is 0.338 e. The van der Waals surface area contributed by atoms with E-state index >= 15 is 0 Å². The maximum Gasteiger partial charge on any atom is 0.226 e. The van der Waals surface area contributed by atoms with Crippen LogP contribution in [0.5, 0.6) is 0 Å². The molecule has 0 spiro atoms. The van der Waals surface area contributed by atoms with Crippen LogP contribution < -0.4 is 5.73 Å². The minimum absolute atomic E-state index is 0. The number of carbonyl (C=O) groups excluding carboxylic acids is 1. The summed E-state index contributed by atoms with van der Waals surface area (Å²) >= 11 is 1.98. The monoisotopic (exact) mass is 292 g/mol. The number of hydrogen-bond donors (Lipinski definition) is 1. The van der Waals surface area contributed by atoms with Gasteiger partial charge in [-0.25, -0.2) is 0 Å². The SMILES string of the molecule is CC1SCCN(C(=O)[C@@H]2CCC[C@@H]2CN)C1C.Cl. The molecule has 106 valence electrons. The average molecular weight is 293 g/mol. The lowest BCUT2D eigenvalue weighted by Gasteiger charge is -2.39. The van der Waals surface area contributed by atoms with Gasteiger partial charge in [0.1, 0.15) is 0 Å². The molecule has 2 aliphatic rings. The molecule has 2 unspecified atom stereocenters. The fourth-order valence-electron chi connectivity index (χ4n) is 3.10. The van der Waals surface area contributed by atoms with Gasteiger partial charge in [0.2, 0.25) is 5.91 Å². The molecule has 18 heavy (non-hydrogen) atoms. The van der Waals surface area contributed by atoms with Crippen molar-refractivity contribution in [3.05, 3.63) is 0 Å². The van der Waals surface area contributed by atoms with Crippen molar-refractivity contribution in [3.8, 4) is 0 Å². The van der Waals surface area contributed by atoms with Crippen LogP contribution in [-0.4, -0.2) is 40.9 Å². The first-order valence-electron chi connectivity index (χ1n) is 6.77. The number of carbonyl (C=O) groups is 1. The van der Waals surface area contributed by atoms with Crippen LogP contribution in [0.2, 0.25) is 0 Å². The zero-order chi connectivity index (χ0) is 12.4. The average Bonchev–Trinajstić information content (AvgIpc) is 2.80. The molecule has 1 aliphatic heterocycles. The molecule has 5 heteroatoms. The summed E-state index contributed by atoms with van der Waals surface area (Å²) in [6, 6.07) is 0.375. The summed E-state index contributed by atoms with van der Waals surface area (Å²) in [5.41, 5.74) is 5.78. The third kappa shape index (κ3) is 3.14. The number of thioether (sulfide) groups is 1. The Balaban J connectivity index is 0.00000162. The van der Waals surface area contributed by atoms with E-state index in [4.69, 9.17) is 5.73 Å². The molecule has 1 heterocycles. The summed E-state index contributed by atoms with van der Waals surface area (Å²) in [6.45, 7) is 6.00. The summed E-state index contributed by atoms with van der Waals surface area (Å²) in [4.78, 5) is 14.7. The van der Waals surface area contributed by atoms with E-state index in [0.717, 1.165) is 25.1 Å². The Morgan fingerprint density at radius 3 is 2.78 bits per heavy atom. The number of nitrogens with zero attached hydrogens (tertiary/aromatic N) is 1. The van der Waals surface area contributed by atoms with E-state index in [1.54, 1.807) is 0 Å². The van der Waals surface area contributed by atoms with Crippen LogP contribution in [0.3, 0.4) is 0 Å². The highest BCUT2D eigenvalue weighted by atomic mass is 35.5. The minimum Gasteiger partial charge on any atom is -0.338 e. The molecule has 2 N–H and O–H groups in total. The van der Waals surface area contributed by atoms with Gasteiger partial charge in [-0.3, -0.25) is 4.79 Å². The quantitative estimate of drug-likeness (QED) is 0.848. The number of amides is 1. The lowest BCUT2D eigenvalue weighted by Crippen LogP contribution is -2.51. The van der Waals surface area contributed by atoms with Crippen molar-refractivity contribution in [1.29, 1.82) is 0 Å². The van der Waals surface area contributed by atoms with Crippen LogP contribution in [0.1, 0.15) is 33.1 Å². The molecule has 0 aromatic carbocycles. The van der Waals surface area contributed by atoms with Crippen LogP contribution in [0.15, 0.2) is 0 Å². The second-order valence-corrected chi connectivity index (χ2v) is 6.87. The standard InChI is InChI=1S/C13H24N2OS.ClH/c1-9-10(2)17-7-6-15(9)13(16)12-5-3-4-11(12)8-14;/h9-12H,3-8,14H2,1-2H3;1H/t9?,10?,11-,12-;/m1./s1. The zero-order valence-corrected chi connectivity index (χ0v) is 12.9. The number of rotatable bonds is 2. The Labute approximate surface area is 121 Å². The van der Waals surface area contributed by atoms with E-state index in [-0.39, 0.29) is 18.3 Å². The van der Waals surface area contributed by atoms with E-state index in [1.807, 2.05) is 11.8 Å². The Kier molecular flexibility index (Phi) is 6.28. The zero-order valence-electron chi connectivity index (χ0n) is 11.3. The van der Waals surface area contributed by atoms with E-state index < -0.39 is 0 Å². The van der Waals surface area contributed by atoms with Crippen LogP contribution >= 0.6 is 24.2 Å². The van der Waals surface area contributed by atoms with Crippen molar-refractivity contribution in [1.82, 2.24) is 4.90 Å². The second kappa shape index (κ2) is 7.01. The summed E-state index contributed by atoms with van der Waals surface area (Å²) in [5, 5.41) is 0.561. The first kappa shape index (κ1) is 16.1. The third-order valence-electron chi connectivity index (χ3n) is 4.45. The third-order valence-corrected chi connectivity index (χ3v) is 5.78. The van der Waals surface area contributed by atoms with Gasteiger partial charge >= 0.3 is 0 Å². The van der Waals surface area contributed by atoms with Gasteiger partial charge in [-0.1, -0.05) is 13.3 Å². The van der Waals surface area contributed by atoms with Crippen LogP contribution in [0.25, 0.3) is 0 Å². The molecule has 1 saturated carbocycles. The summed E-state index contributed by atoms with van der Waals surface area (Å²) in [6.07, 6.45) is 3.36. The van der Waals surface area contributed by atoms with Gasteiger partial charge in [-0.2, -0.15) is 11.8 Å². The highest BCUT2D eigenvalue weighted by Crippen LogP contribution is 2.34. The molecule has 0 aromatic heterocycles. The van der Waals surface area contributed by atoms with Crippen LogP contribution in [0.4, 0.5) is 0 Å². The van der Waals surface area contributed by atoms with Gasteiger partial charge < -0.3 is 10.6 Å². The molecular weight excluding hydrogens is 268 g/mol. The van der Waals surface area contributed by atoms with Crippen molar-refractivity contribution in [3.63, 3.8) is 0 Å². The molecule has 0 radical (unpaired) electrons. The van der Waals surface area contributed by atoms with Gasteiger partial charge in [0.05, 0.1) is 0 Å². The van der Waals surface area contributed by atoms with Crippen LogP contribution in [0, 0.1) is 11.8 Å². The lowest BCUT2D eigenvalue weighted by atomic mass is 9.94. The Bertz CT molecular complexity index is 290. The van der Waals surface area contributed by atoms with Gasteiger partial charge in [0.25, 0.3) is 0 Å². The Morgan fingerprint density at radius 2 is 2.11 bits per heavy atom. The minimum atomic E-state index is 0. The number of halogens is 1. The van der Waals surface area contributed by atoms with Crippen LogP contribution in [-0.2, 0) is 4.79 Å². The summed E-state index contributed by atoms with van der Waals surface area (Å²) in [7, 11) is 0. The highest BCUT2D eigenvalue weighted by Gasteiger charge is 2.38. The predicted octanol–water partition coefficient (Wildman–Crippen LogP) is 2.14. The van der Waals surface area contributed by atoms with Crippen molar-refractivity contribution in [2.75, 3.05) is 18.8 Å². The Morgan fingerprint density at radius 1 is 1.39 bits per heavy atom. The van der Waals surface area contributed by atoms with E-state index in [0.29, 0.717) is 29.7 Å². The van der Waals surface area contributed by atoms with Crippen molar-refractivity contribution >= 4 is 30.1 Å². The molecule has 2 rings (SSSR count). The van der Waals surface area contributed by atoms with Gasteiger partial charge in [-0.05, 0) is 32.2 Å². The fraction of sp³-hybridized carbons (Fsp3) is 0.923. The summed E-state index contributed by atoms with van der Waals surface area (Å²) in [5.74, 6) is 2.09. The van der Waals surface area contributed by atoms with E-state index in [9.17, 15) is 4.79 Å². The molecule has 1 aliphatic carbocycles. The molecule has 0 aromatic rings. The van der Waals surface area contributed by atoms with E-state index in [1.165, 1.54) is 6.42 Å². The smallest absolute Gasteiger partial charge is 0.226 e. The maximum absolute atomic E-state index is 12.6. The van der Waals surface area contributed by atoms with Gasteiger partial charge in [0.15, 0.2) is 0 Å². The molecule has 3 nitrogen and oxygen atoms in total. The molecule has 1 saturated heterocycles. The highest BCUT2D eigenvalue weighted by molar-refractivity contribution is 8.00. The Hall–Kier alpha value is 0.0700. The molecule has 1 amide bonds. The summed E-state index contributed by atoms with van der Waals surface area (Å²) < 4.78 is 0. The molecule has 2 fully saturated rings. The van der Waals surface area contributed by atoms with Crippen molar-refractivity contribution in [2.45, 2.75) is 44.4 Å². The topological polar surface area (TPSA) is 46.3 Å². The van der Waals surface area contributed by atoms with Crippen molar-refractivity contribution in [2.24, 2.45) is 17.6 Å². The van der Waals surface area contributed by atoms with Crippen molar-refractivity contribution < 1.29 is 4.79 Å². The molecule has 4 atom stereocenters. The predicted molar refractivity (Wildman–Crippen MR) is 80.2 cm³/mol. The first-order valence-corrected chi connectivity index (χ1v) is 7.82. The van der Waals surface area contributed by atoms with E-state index in [2.05, 4.69) is 18.7 Å². The van der Waals surface area contributed by atoms with Gasteiger partial charge in [0, 0.05) is 29.5 Å². The molecular formula is C13H25ClN2OS. The number of nitrogens with two attached hydrogens (primary N) is 1. The second-order valence-electron chi connectivity index (χ2n) is 5.38. The molecule has 0 bridgehead atoms. The normalized spacial score (nSPS) is 36.3. The lowest BCUT2D eigenvalue weighted by molar-refractivity contribution is -0.138. The number of hydrogen-bond acceptors (Lipinski definition) is 3.